The first-order valence-electron chi connectivity index (χ1n) is 10.2. The maximum atomic E-state index is 13.5. The van der Waals surface area contributed by atoms with Gasteiger partial charge in [-0.1, -0.05) is 64.5 Å². The molecule has 30 heavy (non-hydrogen) atoms. The Balaban J connectivity index is 1.54. The maximum absolute atomic E-state index is 13.5. The fourth-order valence-corrected chi connectivity index (χ4v) is 5.73. The van der Waals surface area contributed by atoms with Crippen molar-refractivity contribution in [3.63, 3.8) is 0 Å². The lowest BCUT2D eigenvalue weighted by Gasteiger charge is -2.39. The summed E-state index contributed by atoms with van der Waals surface area (Å²) in [6.45, 7) is 0. The summed E-state index contributed by atoms with van der Waals surface area (Å²) in [4.78, 5) is 26.7. The number of anilines is 1. The lowest BCUT2D eigenvalue weighted by molar-refractivity contribution is 0.0978. The molecule has 0 radical (unpaired) electrons. The van der Waals surface area contributed by atoms with Crippen LogP contribution in [0.1, 0.15) is 61.4 Å². The average molecular weight is 456 g/mol. The van der Waals surface area contributed by atoms with Crippen molar-refractivity contribution in [1.82, 2.24) is 0 Å². The number of hydrogen-bond acceptors (Lipinski definition) is 3. The summed E-state index contributed by atoms with van der Waals surface area (Å²) in [7, 11) is 0. The molecule has 0 saturated carbocycles. The quantitative estimate of drug-likeness (QED) is 0.355. The van der Waals surface area contributed by atoms with Crippen molar-refractivity contribution in [3.05, 3.63) is 111 Å². The highest BCUT2D eigenvalue weighted by molar-refractivity contribution is 9.10. The molecule has 146 valence electrons. The number of fused-ring (bicyclic) bond motifs is 6. The molecule has 3 aliphatic rings. The molecule has 0 unspecified atom stereocenters. The van der Waals surface area contributed by atoms with Gasteiger partial charge in [0.2, 0.25) is 0 Å². The van der Waals surface area contributed by atoms with Gasteiger partial charge in [-0.2, -0.15) is 0 Å². The third-order valence-corrected chi connectivity index (χ3v) is 7.12. The maximum Gasteiger partial charge on any atom is 0.194 e. The summed E-state index contributed by atoms with van der Waals surface area (Å²) in [5.74, 6) is 0.315. The Kier molecular flexibility index (Phi) is 3.87. The number of benzene rings is 3. The SMILES string of the molecule is O=C1c2ccccc2C(=O)c2c1ccc1c2[C@@H]2C=CC[C@@H]2[C@H](c2cccc(Br)c2)N1. The Hall–Kier alpha value is -2.98. The molecule has 0 amide bonds. The number of carbonyl (C=O) groups is 2. The van der Waals surface area contributed by atoms with E-state index in [-0.39, 0.29) is 23.5 Å². The van der Waals surface area contributed by atoms with Gasteiger partial charge >= 0.3 is 0 Å². The van der Waals surface area contributed by atoms with Crippen LogP contribution in [-0.4, -0.2) is 11.6 Å². The zero-order valence-corrected chi connectivity index (χ0v) is 17.6. The van der Waals surface area contributed by atoms with Crippen LogP contribution in [0.15, 0.2) is 77.3 Å². The summed E-state index contributed by atoms with van der Waals surface area (Å²) < 4.78 is 1.05. The van der Waals surface area contributed by atoms with Gasteiger partial charge in [0.1, 0.15) is 0 Å². The molecule has 4 heteroatoms. The second-order valence-electron chi connectivity index (χ2n) is 8.18. The number of hydrogen-bond donors (Lipinski definition) is 1. The molecular formula is C26H18BrNO2. The van der Waals surface area contributed by atoms with E-state index in [0.717, 1.165) is 22.1 Å². The topological polar surface area (TPSA) is 46.2 Å². The zero-order chi connectivity index (χ0) is 20.4. The normalized spacial score (nSPS) is 23.3. The zero-order valence-electron chi connectivity index (χ0n) is 16.1. The highest BCUT2D eigenvalue weighted by Crippen LogP contribution is 2.52. The molecule has 3 atom stereocenters. The molecule has 1 N–H and O–H groups in total. The summed E-state index contributed by atoms with van der Waals surface area (Å²) in [5.41, 5.74) is 5.27. The predicted molar refractivity (Wildman–Crippen MR) is 120 cm³/mol. The monoisotopic (exact) mass is 455 g/mol. The van der Waals surface area contributed by atoms with Crippen LogP contribution >= 0.6 is 15.9 Å². The molecule has 1 heterocycles. The van der Waals surface area contributed by atoms with Crippen LogP contribution in [0.2, 0.25) is 0 Å². The van der Waals surface area contributed by atoms with E-state index in [2.05, 4.69) is 51.6 Å². The molecule has 0 spiro atoms. The van der Waals surface area contributed by atoms with Gasteiger partial charge in [0.05, 0.1) is 6.04 Å². The van der Waals surface area contributed by atoms with Crippen molar-refractivity contribution < 1.29 is 9.59 Å². The van der Waals surface area contributed by atoms with Crippen LogP contribution < -0.4 is 5.32 Å². The summed E-state index contributed by atoms with van der Waals surface area (Å²) in [5, 5.41) is 3.70. The Bertz CT molecular complexity index is 1280. The fraction of sp³-hybridized carbons (Fsp3) is 0.154. The minimum Gasteiger partial charge on any atom is -0.378 e. The van der Waals surface area contributed by atoms with Crippen molar-refractivity contribution >= 4 is 33.2 Å². The number of ketones is 2. The van der Waals surface area contributed by atoms with Crippen LogP contribution in [0.25, 0.3) is 0 Å². The van der Waals surface area contributed by atoms with E-state index in [4.69, 9.17) is 0 Å². The summed E-state index contributed by atoms with van der Waals surface area (Å²) >= 11 is 3.59. The van der Waals surface area contributed by atoms with Crippen molar-refractivity contribution in [1.29, 1.82) is 0 Å². The van der Waals surface area contributed by atoms with Gasteiger partial charge in [0, 0.05) is 38.3 Å². The number of halogens is 1. The van der Waals surface area contributed by atoms with E-state index in [9.17, 15) is 9.59 Å². The van der Waals surface area contributed by atoms with Crippen LogP contribution in [0.3, 0.4) is 0 Å². The lowest BCUT2D eigenvalue weighted by Crippen LogP contribution is -2.32. The van der Waals surface area contributed by atoms with Crippen LogP contribution in [-0.2, 0) is 0 Å². The molecule has 6 rings (SSSR count). The van der Waals surface area contributed by atoms with E-state index in [1.807, 2.05) is 30.3 Å². The van der Waals surface area contributed by atoms with Gasteiger partial charge in [-0.25, -0.2) is 0 Å². The molecule has 0 bridgehead atoms. The van der Waals surface area contributed by atoms with Gasteiger partial charge in [-0.05, 0) is 47.7 Å². The van der Waals surface area contributed by atoms with Crippen LogP contribution in [0.4, 0.5) is 5.69 Å². The predicted octanol–water partition coefficient (Wildman–Crippen LogP) is 6.05. The van der Waals surface area contributed by atoms with Gasteiger partial charge < -0.3 is 5.32 Å². The van der Waals surface area contributed by atoms with Crippen LogP contribution in [0, 0.1) is 5.92 Å². The van der Waals surface area contributed by atoms with Gasteiger partial charge in [-0.15, -0.1) is 0 Å². The van der Waals surface area contributed by atoms with Gasteiger partial charge in [-0.3, -0.25) is 9.59 Å². The molecular weight excluding hydrogens is 438 g/mol. The number of carbonyl (C=O) groups excluding carboxylic acids is 2. The van der Waals surface area contributed by atoms with Gasteiger partial charge in [0.15, 0.2) is 11.6 Å². The molecule has 0 fully saturated rings. The molecule has 2 aliphatic carbocycles. The number of rotatable bonds is 1. The minimum atomic E-state index is -0.0596. The lowest BCUT2D eigenvalue weighted by atomic mass is 9.71. The first-order valence-corrected chi connectivity index (χ1v) is 11.0. The third-order valence-electron chi connectivity index (χ3n) is 6.63. The van der Waals surface area contributed by atoms with Crippen LogP contribution in [0.5, 0.6) is 0 Å². The Morgan fingerprint density at radius 3 is 2.47 bits per heavy atom. The summed E-state index contributed by atoms with van der Waals surface area (Å²) in [6.07, 6.45) is 5.37. The van der Waals surface area contributed by atoms with E-state index in [1.54, 1.807) is 12.1 Å². The second-order valence-corrected chi connectivity index (χ2v) is 9.10. The van der Waals surface area contributed by atoms with Crippen molar-refractivity contribution in [2.45, 2.75) is 18.4 Å². The average Bonchev–Trinajstić information content (AvgIpc) is 3.26. The third kappa shape index (κ3) is 2.43. The molecule has 0 saturated heterocycles. The van der Waals surface area contributed by atoms with E-state index < -0.39 is 0 Å². The molecule has 0 aromatic heterocycles. The van der Waals surface area contributed by atoms with Crippen molar-refractivity contribution in [2.24, 2.45) is 5.92 Å². The molecule has 3 nitrogen and oxygen atoms in total. The largest absolute Gasteiger partial charge is 0.378 e. The van der Waals surface area contributed by atoms with Crippen molar-refractivity contribution in [3.8, 4) is 0 Å². The smallest absolute Gasteiger partial charge is 0.194 e. The van der Waals surface area contributed by atoms with E-state index >= 15 is 0 Å². The molecule has 3 aromatic carbocycles. The van der Waals surface area contributed by atoms with E-state index in [0.29, 0.717) is 28.2 Å². The summed E-state index contributed by atoms with van der Waals surface area (Å²) in [6, 6.07) is 19.5. The highest BCUT2D eigenvalue weighted by Gasteiger charge is 2.42. The number of allylic oxidation sites excluding steroid dienone is 2. The molecule has 1 aliphatic heterocycles. The van der Waals surface area contributed by atoms with E-state index in [1.165, 1.54) is 5.56 Å². The standard InChI is InChI=1S/C26H18BrNO2/c27-15-6-3-5-14(13-15)24-17-10-4-9-16(17)22-21(28-24)12-11-20-23(22)26(30)19-8-2-1-7-18(19)25(20)29/h1-9,11-13,16-17,24,28H,10H2/t16-,17+,24+/m1/s1. The second kappa shape index (κ2) is 6.51. The van der Waals surface area contributed by atoms with Crippen molar-refractivity contribution in [2.75, 3.05) is 5.32 Å². The first kappa shape index (κ1) is 17.8. The Morgan fingerprint density at radius 1 is 0.867 bits per heavy atom. The fourth-order valence-electron chi connectivity index (χ4n) is 5.31. The Labute approximate surface area is 182 Å². The highest BCUT2D eigenvalue weighted by atomic mass is 79.9. The van der Waals surface area contributed by atoms with Gasteiger partial charge in [0.25, 0.3) is 0 Å². The Morgan fingerprint density at radius 2 is 1.67 bits per heavy atom. The first-order chi connectivity index (χ1) is 14.6. The minimum absolute atomic E-state index is 0.0428. The number of nitrogens with one attached hydrogen (secondary N) is 1. The molecule has 3 aromatic rings.